The van der Waals surface area contributed by atoms with Gasteiger partial charge in [-0.3, -0.25) is 14.9 Å². The van der Waals surface area contributed by atoms with Crippen molar-refractivity contribution in [2.75, 3.05) is 19.6 Å². The summed E-state index contributed by atoms with van der Waals surface area (Å²) in [4.78, 5) is 25.9. The Morgan fingerprint density at radius 3 is 2.81 bits per heavy atom. The van der Waals surface area contributed by atoms with Gasteiger partial charge in [0.2, 0.25) is 10.0 Å². The van der Waals surface area contributed by atoms with E-state index in [0.29, 0.717) is 13.0 Å². The number of nitrogens with one attached hydrogen (secondary N) is 2. The van der Waals surface area contributed by atoms with Crippen molar-refractivity contribution in [2.45, 2.75) is 11.3 Å². The van der Waals surface area contributed by atoms with E-state index in [4.69, 9.17) is 5.73 Å². The van der Waals surface area contributed by atoms with E-state index in [1.807, 2.05) is 0 Å². The van der Waals surface area contributed by atoms with Crippen LogP contribution in [0.2, 0.25) is 0 Å². The molecule has 0 unspecified atom stereocenters. The van der Waals surface area contributed by atoms with Crippen LogP contribution in [0.1, 0.15) is 15.5 Å². The number of rotatable bonds is 9. The topological polar surface area (TPSA) is 157 Å². The first-order chi connectivity index (χ1) is 12.3. The number of hydrogen-bond donors (Lipinski definition) is 3. The van der Waals surface area contributed by atoms with E-state index in [-0.39, 0.29) is 29.4 Å². The molecule has 1 aromatic carbocycles. The van der Waals surface area contributed by atoms with Crippen LogP contribution in [-0.2, 0) is 16.4 Å². The Hall–Kier alpha value is -2.41. The molecule has 0 aliphatic carbocycles. The fourth-order valence-corrected chi connectivity index (χ4v) is 3.82. The Morgan fingerprint density at radius 1 is 1.35 bits per heavy atom. The fourth-order valence-electron chi connectivity index (χ4n) is 1.95. The molecule has 1 aromatic heterocycles. The fraction of sp³-hybridized carbons (Fsp3) is 0.286. The molecule has 0 spiro atoms. The summed E-state index contributed by atoms with van der Waals surface area (Å²) < 4.78 is 26.5. The normalized spacial score (nSPS) is 11.3. The minimum atomic E-state index is -3.92. The highest BCUT2D eigenvalue weighted by atomic mass is 32.2. The quantitative estimate of drug-likeness (QED) is 0.310. The Bertz CT molecular complexity index is 897. The average Bonchev–Trinajstić information content (AvgIpc) is 3.08. The summed E-state index contributed by atoms with van der Waals surface area (Å²) in [6.07, 6.45) is 0.584. The zero-order chi connectivity index (χ0) is 19.2. The highest BCUT2D eigenvalue weighted by Crippen LogP contribution is 2.16. The molecule has 0 bridgehead atoms. The van der Waals surface area contributed by atoms with Crippen LogP contribution < -0.4 is 15.8 Å². The molecule has 10 nitrogen and oxygen atoms in total. The van der Waals surface area contributed by atoms with Crippen LogP contribution in [0.15, 0.2) is 34.5 Å². The molecule has 2 aromatic rings. The van der Waals surface area contributed by atoms with Gasteiger partial charge in [0, 0.05) is 37.0 Å². The minimum absolute atomic E-state index is 0.0384. The van der Waals surface area contributed by atoms with Crippen LogP contribution in [0.5, 0.6) is 0 Å². The molecule has 1 heterocycles. The summed E-state index contributed by atoms with van der Waals surface area (Å²) in [6, 6.07) is 4.71. The largest absolute Gasteiger partial charge is 0.349 e. The molecule has 2 rings (SSSR count). The Morgan fingerprint density at radius 2 is 2.12 bits per heavy atom. The van der Waals surface area contributed by atoms with Crippen molar-refractivity contribution in [2.24, 2.45) is 5.73 Å². The van der Waals surface area contributed by atoms with Crippen molar-refractivity contribution in [3.05, 3.63) is 50.5 Å². The van der Waals surface area contributed by atoms with Gasteiger partial charge < -0.3 is 11.1 Å². The van der Waals surface area contributed by atoms with E-state index in [1.165, 1.54) is 29.5 Å². The minimum Gasteiger partial charge on any atom is -0.349 e. The SMILES string of the molecule is NCCc1nc(C(=O)NCCNS(=O)(=O)c2cccc([N+](=O)[O-])c2)cs1. The molecule has 1 amide bonds. The second-order valence-electron chi connectivity index (χ2n) is 5.07. The second kappa shape index (κ2) is 8.80. The lowest BCUT2D eigenvalue weighted by Crippen LogP contribution is -2.34. The number of nitrogens with zero attached hydrogens (tertiary/aromatic N) is 2. The molecule has 26 heavy (non-hydrogen) atoms. The van der Waals surface area contributed by atoms with Crippen molar-refractivity contribution in [1.29, 1.82) is 0 Å². The van der Waals surface area contributed by atoms with Gasteiger partial charge in [-0.15, -0.1) is 11.3 Å². The molecule has 0 saturated carbocycles. The number of sulfonamides is 1. The standard InChI is InChI=1S/C14H17N5O5S2/c15-5-4-13-18-12(9-25-13)14(20)16-6-7-17-26(23,24)11-3-1-2-10(8-11)19(21)22/h1-3,8-9,17H,4-7,15H2,(H,16,20). The van der Waals surface area contributed by atoms with E-state index in [9.17, 15) is 23.3 Å². The van der Waals surface area contributed by atoms with Crippen LogP contribution in [0.25, 0.3) is 0 Å². The van der Waals surface area contributed by atoms with E-state index in [0.717, 1.165) is 11.1 Å². The van der Waals surface area contributed by atoms with Gasteiger partial charge in [-0.05, 0) is 12.6 Å². The maximum atomic E-state index is 12.1. The van der Waals surface area contributed by atoms with E-state index in [1.54, 1.807) is 5.38 Å². The smallest absolute Gasteiger partial charge is 0.270 e. The molecule has 0 aliphatic heterocycles. The first-order valence-corrected chi connectivity index (χ1v) is 9.86. The number of nitrogens with two attached hydrogens (primary N) is 1. The lowest BCUT2D eigenvalue weighted by atomic mass is 10.3. The predicted octanol–water partition coefficient (Wildman–Crippen LogP) is 0.261. The molecule has 12 heteroatoms. The summed E-state index contributed by atoms with van der Waals surface area (Å²) in [7, 11) is -3.92. The molecule has 0 aliphatic rings. The van der Waals surface area contributed by atoms with Gasteiger partial charge in [0.05, 0.1) is 14.8 Å². The van der Waals surface area contributed by atoms with Crippen molar-refractivity contribution < 1.29 is 18.1 Å². The van der Waals surface area contributed by atoms with Gasteiger partial charge in [-0.25, -0.2) is 18.1 Å². The number of thiazole rings is 1. The summed E-state index contributed by atoms with van der Waals surface area (Å²) in [5.74, 6) is -0.418. The van der Waals surface area contributed by atoms with Gasteiger partial charge in [0.15, 0.2) is 0 Å². The number of nitro benzene ring substituents is 1. The highest BCUT2D eigenvalue weighted by molar-refractivity contribution is 7.89. The lowest BCUT2D eigenvalue weighted by Gasteiger charge is -2.07. The zero-order valence-corrected chi connectivity index (χ0v) is 15.2. The third-order valence-electron chi connectivity index (χ3n) is 3.18. The summed E-state index contributed by atoms with van der Waals surface area (Å²) >= 11 is 1.33. The number of non-ortho nitro benzene ring substituents is 1. The number of hydrogen-bond acceptors (Lipinski definition) is 8. The number of nitro groups is 1. The van der Waals surface area contributed by atoms with Crippen molar-refractivity contribution in [3.8, 4) is 0 Å². The van der Waals surface area contributed by atoms with E-state index >= 15 is 0 Å². The molecule has 0 fully saturated rings. The van der Waals surface area contributed by atoms with Crippen LogP contribution in [0.3, 0.4) is 0 Å². The van der Waals surface area contributed by atoms with E-state index in [2.05, 4.69) is 15.0 Å². The molecule has 0 saturated heterocycles. The van der Waals surface area contributed by atoms with Crippen molar-refractivity contribution in [1.82, 2.24) is 15.0 Å². The summed E-state index contributed by atoms with van der Waals surface area (Å²) in [5.41, 5.74) is 5.35. The molecule has 4 N–H and O–H groups in total. The Labute approximate surface area is 153 Å². The summed E-state index contributed by atoms with van der Waals surface area (Å²) in [5, 5.41) is 15.6. The van der Waals surface area contributed by atoms with Gasteiger partial charge in [-0.1, -0.05) is 6.07 Å². The highest BCUT2D eigenvalue weighted by Gasteiger charge is 2.17. The van der Waals surface area contributed by atoms with Crippen molar-refractivity contribution >= 4 is 33.0 Å². The van der Waals surface area contributed by atoms with Crippen LogP contribution in [0.4, 0.5) is 5.69 Å². The molecular weight excluding hydrogens is 382 g/mol. The molecular formula is C14H17N5O5S2. The van der Waals surface area contributed by atoms with Gasteiger partial charge in [0.1, 0.15) is 5.69 Å². The van der Waals surface area contributed by atoms with Gasteiger partial charge >= 0.3 is 0 Å². The number of benzene rings is 1. The summed E-state index contributed by atoms with van der Waals surface area (Å²) in [6.45, 7) is 0.404. The number of amides is 1. The van der Waals surface area contributed by atoms with E-state index < -0.39 is 20.9 Å². The molecule has 0 radical (unpaired) electrons. The zero-order valence-electron chi connectivity index (χ0n) is 13.5. The van der Waals surface area contributed by atoms with Crippen molar-refractivity contribution in [3.63, 3.8) is 0 Å². The van der Waals surface area contributed by atoms with Gasteiger partial charge in [-0.2, -0.15) is 0 Å². The van der Waals surface area contributed by atoms with Crippen LogP contribution in [-0.4, -0.2) is 43.9 Å². The number of aromatic nitrogens is 1. The lowest BCUT2D eigenvalue weighted by molar-refractivity contribution is -0.385. The van der Waals surface area contributed by atoms with Gasteiger partial charge in [0.25, 0.3) is 11.6 Å². The average molecular weight is 399 g/mol. The predicted molar refractivity (Wildman–Crippen MR) is 95.5 cm³/mol. The Balaban J connectivity index is 1.87. The first kappa shape index (κ1) is 19.9. The monoisotopic (exact) mass is 399 g/mol. The Kier molecular flexibility index (Phi) is 6.74. The second-order valence-corrected chi connectivity index (χ2v) is 7.78. The maximum absolute atomic E-state index is 12.1. The number of carbonyl (C=O) groups excluding carboxylic acids is 1. The van der Waals surface area contributed by atoms with Crippen LogP contribution in [0, 0.1) is 10.1 Å². The maximum Gasteiger partial charge on any atom is 0.270 e. The molecule has 140 valence electrons. The molecule has 0 atom stereocenters. The third kappa shape index (κ3) is 5.29. The third-order valence-corrected chi connectivity index (χ3v) is 5.55. The van der Waals surface area contributed by atoms with Crippen LogP contribution >= 0.6 is 11.3 Å². The number of carbonyl (C=O) groups is 1. The first-order valence-electron chi connectivity index (χ1n) is 7.50.